The van der Waals surface area contributed by atoms with Crippen LogP contribution >= 0.6 is 0 Å². The third-order valence-corrected chi connectivity index (χ3v) is 3.03. The molecule has 0 unspecified atom stereocenters. The van der Waals surface area contributed by atoms with Crippen molar-refractivity contribution in [2.75, 3.05) is 13.6 Å². The second-order valence-electron chi connectivity index (χ2n) is 4.48. The Morgan fingerprint density at radius 1 is 1.40 bits per heavy atom. The Balaban J connectivity index is 2.01. The van der Waals surface area contributed by atoms with Crippen molar-refractivity contribution in [3.8, 4) is 0 Å². The minimum Gasteiger partial charge on any atom is -0.333 e. The van der Waals surface area contributed by atoms with E-state index in [1.807, 2.05) is 30.3 Å². The van der Waals surface area contributed by atoms with Crippen LogP contribution < -0.4 is 5.32 Å². The third kappa shape index (κ3) is 3.57. The molecule has 2 amide bonds. The predicted molar refractivity (Wildman–Crippen MR) is 74.1 cm³/mol. The van der Waals surface area contributed by atoms with E-state index in [9.17, 15) is 9.59 Å². The SMILES string of the molecule is CNC(=O)O/N=C1/CCCN(Cc2ccccc2)C1=O. The minimum atomic E-state index is -0.675. The van der Waals surface area contributed by atoms with Gasteiger partial charge >= 0.3 is 6.09 Å². The van der Waals surface area contributed by atoms with E-state index >= 15 is 0 Å². The number of carbonyl (C=O) groups is 2. The van der Waals surface area contributed by atoms with E-state index in [1.54, 1.807) is 4.90 Å². The van der Waals surface area contributed by atoms with Gasteiger partial charge in [0.05, 0.1) is 0 Å². The van der Waals surface area contributed by atoms with E-state index in [1.165, 1.54) is 7.05 Å². The lowest BCUT2D eigenvalue weighted by molar-refractivity contribution is -0.125. The van der Waals surface area contributed by atoms with Gasteiger partial charge < -0.3 is 10.2 Å². The summed E-state index contributed by atoms with van der Waals surface area (Å²) in [6, 6.07) is 9.76. The Kier molecular flexibility index (Phi) is 4.70. The van der Waals surface area contributed by atoms with Crippen molar-refractivity contribution in [2.24, 2.45) is 5.16 Å². The summed E-state index contributed by atoms with van der Waals surface area (Å²) in [5.74, 6) is -0.177. The van der Waals surface area contributed by atoms with Gasteiger partial charge in [0.15, 0.2) is 0 Å². The van der Waals surface area contributed by atoms with Gasteiger partial charge in [-0.1, -0.05) is 35.5 Å². The molecule has 1 heterocycles. The lowest BCUT2D eigenvalue weighted by atomic mass is 10.1. The zero-order chi connectivity index (χ0) is 14.4. The molecule has 1 aromatic carbocycles. The van der Waals surface area contributed by atoms with E-state index in [0.717, 1.165) is 12.0 Å². The maximum atomic E-state index is 12.2. The van der Waals surface area contributed by atoms with Gasteiger partial charge in [-0.25, -0.2) is 4.79 Å². The summed E-state index contributed by atoms with van der Waals surface area (Å²) in [6.45, 7) is 1.23. The molecule has 1 saturated heterocycles. The zero-order valence-electron chi connectivity index (χ0n) is 11.3. The maximum Gasteiger partial charge on any atom is 0.433 e. The van der Waals surface area contributed by atoms with Crippen molar-refractivity contribution in [1.82, 2.24) is 10.2 Å². The third-order valence-electron chi connectivity index (χ3n) is 3.03. The molecule has 0 spiro atoms. The van der Waals surface area contributed by atoms with Gasteiger partial charge in [-0.3, -0.25) is 9.63 Å². The first-order valence-electron chi connectivity index (χ1n) is 6.49. The predicted octanol–water partition coefficient (Wildman–Crippen LogP) is 1.52. The molecule has 6 nitrogen and oxygen atoms in total. The van der Waals surface area contributed by atoms with E-state index in [4.69, 9.17) is 0 Å². The number of oxime groups is 1. The van der Waals surface area contributed by atoms with E-state index in [0.29, 0.717) is 19.5 Å². The van der Waals surface area contributed by atoms with E-state index in [2.05, 4.69) is 15.3 Å². The fraction of sp³-hybridized carbons (Fsp3) is 0.357. The molecule has 6 heteroatoms. The molecule has 2 rings (SSSR count). The molecule has 1 aromatic rings. The Labute approximate surface area is 117 Å². The van der Waals surface area contributed by atoms with Crippen LogP contribution in [0.5, 0.6) is 0 Å². The molecule has 0 aromatic heterocycles. The Bertz CT molecular complexity index is 514. The monoisotopic (exact) mass is 275 g/mol. The van der Waals surface area contributed by atoms with Crippen molar-refractivity contribution in [3.63, 3.8) is 0 Å². The van der Waals surface area contributed by atoms with Crippen LogP contribution in [-0.4, -0.2) is 36.2 Å². The van der Waals surface area contributed by atoms with Gasteiger partial charge in [-0.2, -0.15) is 0 Å². The molecule has 0 saturated carbocycles. The van der Waals surface area contributed by atoms with Crippen molar-refractivity contribution in [1.29, 1.82) is 0 Å². The normalized spacial score (nSPS) is 17.1. The summed E-state index contributed by atoms with van der Waals surface area (Å²) in [6.07, 6.45) is 0.667. The van der Waals surface area contributed by atoms with Crippen molar-refractivity contribution in [3.05, 3.63) is 35.9 Å². The van der Waals surface area contributed by atoms with Gasteiger partial charge in [0.25, 0.3) is 5.91 Å². The topological polar surface area (TPSA) is 71.0 Å². The van der Waals surface area contributed by atoms with Gasteiger partial charge in [0.1, 0.15) is 5.71 Å². The minimum absolute atomic E-state index is 0.177. The molecule has 1 aliphatic heterocycles. The number of likely N-dealkylation sites (tertiary alicyclic amines) is 1. The number of hydrogen-bond donors (Lipinski definition) is 1. The molecule has 1 N–H and O–H groups in total. The lowest BCUT2D eigenvalue weighted by Gasteiger charge is -2.27. The van der Waals surface area contributed by atoms with Crippen molar-refractivity contribution in [2.45, 2.75) is 19.4 Å². The standard InChI is InChI=1S/C14H17N3O3/c1-15-14(19)20-16-12-8-5-9-17(13(12)18)10-11-6-3-2-4-7-11/h2-4,6-7H,5,8-10H2,1H3,(H,15,19)/b16-12-. The van der Waals surface area contributed by atoms with Gasteiger partial charge in [-0.05, 0) is 12.0 Å². The highest BCUT2D eigenvalue weighted by Gasteiger charge is 2.25. The van der Waals surface area contributed by atoms with Crippen LogP contribution in [0.1, 0.15) is 18.4 Å². The quantitative estimate of drug-likeness (QED) is 0.671. The number of hydrogen-bond acceptors (Lipinski definition) is 4. The van der Waals surface area contributed by atoms with Crippen LogP contribution in [0.2, 0.25) is 0 Å². The molecule has 20 heavy (non-hydrogen) atoms. The highest BCUT2D eigenvalue weighted by molar-refractivity contribution is 6.39. The van der Waals surface area contributed by atoms with E-state index in [-0.39, 0.29) is 11.6 Å². The first-order valence-corrected chi connectivity index (χ1v) is 6.49. The second-order valence-corrected chi connectivity index (χ2v) is 4.48. The maximum absolute atomic E-state index is 12.2. The number of piperidine rings is 1. The molecule has 106 valence electrons. The smallest absolute Gasteiger partial charge is 0.333 e. The van der Waals surface area contributed by atoms with Crippen molar-refractivity contribution < 1.29 is 14.4 Å². The number of carbonyl (C=O) groups excluding carboxylic acids is 2. The van der Waals surface area contributed by atoms with Crippen LogP contribution in [0.3, 0.4) is 0 Å². The molecule has 0 bridgehead atoms. The van der Waals surface area contributed by atoms with Crippen LogP contribution in [0.15, 0.2) is 35.5 Å². The molecular formula is C14H17N3O3. The number of amides is 2. The summed E-state index contributed by atoms with van der Waals surface area (Å²) in [5, 5.41) is 5.92. The Hall–Kier alpha value is -2.37. The number of nitrogens with one attached hydrogen (secondary N) is 1. The fourth-order valence-corrected chi connectivity index (χ4v) is 2.01. The molecule has 1 aliphatic rings. The molecule has 0 radical (unpaired) electrons. The number of benzene rings is 1. The molecule has 0 aliphatic carbocycles. The second kappa shape index (κ2) is 6.70. The fourth-order valence-electron chi connectivity index (χ4n) is 2.01. The Morgan fingerprint density at radius 2 is 2.15 bits per heavy atom. The summed E-state index contributed by atoms with van der Waals surface area (Å²) >= 11 is 0. The molecular weight excluding hydrogens is 258 g/mol. The van der Waals surface area contributed by atoms with Crippen LogP contribution in [-0.2, 0) is 16.2 Å². The summed E-state index contributed by atoms with van der Waals surface area (Å²) in [4.78, 5) is 29.5. The largest absolute Gasteiger partial charge is 0.433 e. The number of rotatable bonds is 3. The lowest BCUT2D eigenvalue weighted by Crippen LogP contribution is -2.41. The average Bonchev–Trinajstić information content (AvgIpc) is 2.49. The number of nitrogens with zero attached hydrogens (tertiary/aromatic N) is 2. The van der Waals surface area contributed by atoms with Crippen molar-refractivity contribution >= 4 is 17.7 Å². The van der Waals surface area contributed by atoms with Gasteiger partial charge in [0.2, 0.25) is 0 Å². The summed E-state index contributed by atoms with van der Waals surface area (Å²) < 4.78 is 0. The van der Waals surface area contributed by atoms with Gasteiger partial charge in [-0.15, -0.1) is 0 Å². The Morgan fingerprint density at radius 3 is 2.85 bits per heavy atom. The molecule has 1 fully saturated rings. The average molecular weight is 275 g/mol. The van der Waals surface area contributed by atoms with Crippen LogP contribution in [0, 0.1) is 0 Å². The molecule has 0 atom stereocenters. The van der Waals surface area contributed by atoms with Crippen LogP contribution in [0.4, 0.5) is 4.79 Å². The van der Waals surface area contributed by atoms with E-state index < -0.39 is 6.09 Å². The van der Waals surface area contributed by atoms with Gasteiger partial charge in [0, 0.05) is 26.6 Å². The highest BCUT2D eigenvalue weighted by atomic mass is 16.7. The zero-order valence-corrected chi connectivity index (χ0v) is 11.3. The highest BCUT2D eigenvalue weighted by Crippen LogP contribution is 2.13. The van der Waals surface area contributed by atoms with Crippen LogP contribution in [0.25, 0.3) is 0 Å². The first-order chi connectivity index (χ1) is 9.70. The summed E-state index contributed by atoms with van der Waals surface area (Å²) in [5.41, 5.74) is 1.35. The summed E-state index contributed by atoms with van der Waals surface area (Å²) in [7, 11) is 1.44. The first kappa shape index (κ1) is 14.0.